The van der Waals surface area contributed by atoms with Crippen LogP contribution in [0.25, 0.3) is 6.08 Å². The van der Waals surface area contributed by atoms with E-state index in [0.717, 1.165) is 11.8 Å². The molecule has 8 heteroatoms. The van der Waals surface area contributed by atoms with Gasteiger partial charge in [-0.2, -0.15) is 0 Å². The van der Waals surface area contributed by atoms with Crippen LogP contribution in [0.2, 0.25) is 0 Å². The molecule has 0 saturated carbocycles. The maximum absolute atomic E-state index is 11.5. The van der Waals surface area contributed by atoms with Crippen molar-refractivity contribution in [1.82, 2.24) is 5.32 Å². The molecule has 1 aromatic rings. The molecule has 2 rings (SSSR count). The van der Waals surface area contributed by atoms with E-state index in [-0.39, 0.29) is 10.7 Å². The molecule has 1 aliphatic rings. The minimum Gasteiger partial charge on any atom is -0.546 e. The highest BCUT2D eigenvalue weighted by atomic mass is 32.2. The van der Waals surface area contributed by atoms with Crippen molar-refractivity contribution in [3.63, 3.8) is 0 Å². The molecule has 0 radical (unpaired) electrons. The van der Waals surface area contributed by atoms with Crippen LogP contribution >= 0.6 is 11.8 Å². The van der Waals surface area contributed by atoms with Crippen LogP contribution in [0.5, 0.6) is 11.5 Å². The summed E-state index contributed by atoms with van der Waals surface area (Å²) in [6.07, 6.45) is 0.395. The average Bonchev–Trinajstić information content (AvgIpc) is 2.78. The molecule has 1 N–H and O–H groups in total. The van der Waals surface area contributed by atoms with Crippen molar-refractivity contribution in [2.75, 3.05) is 7.11 Å². The summed E-state index contributed by atoms with van der Waals surface area (Å²) < 4.78 is 10.4. The normalized spacial score (nSPS) is 17.3. The van der Waals surface area contributed by atoms with Gasteiger partial charge in [-0.15, -0.1) is 0 Å². The maximum Gasteiger partial charge on any atom is 0.290 e. The molecule has 1 saturated heterocycles. The monoisotopic (exact) mass is 322 g/mol. The number of nitrogens with one attached hydrogen (secondary N) is 1. The molecular weight excluding hydrogens is 310 g/mol. The molecule has 0 unspecified atom stereocenters. The largest absolute Gasteiger partial charge is 0.546 e. The zero-order chi connectivity index (χ0) is 16.3. The predicted molar refractivity (Wildman–Crippen MR) is 77.2 cm³/mol. The third-order valence-corrected chi connectivity index (χ3v) is 3.57. The van der Waals surface area contributed by atoms with E-state index in [2.05, 4.69) is 5.32 Å². The van der Waals surface area contributed by atoms with E-state index in [1.54, 1.807) is 12.1 Å². The van der Waals surface area contributed by atoms with Crippen LogP contribution in [0.1, 0.15) is 12.5 Å². The molecule has 116 valence electrons. The smallest absolute Gasteiger partial charge is 0.290 e. The Kier molecular flexibility index (Phi) is 4.71. The van der Waals surface area contributed by atoms with Crippen LogP contribution in [0.4, 0.5) is 4.79 Å². The van der Waals surface area contributed by atoms with Crippen LogP contribution in [0.3, 0.4) is 0 Å². The Bertz CT molecular complexity index is 669. The number of hydrogen-bond donors (Lipinski definition) is 1. The van der Waals surface area contributed by atoms with E-state index in [9.17, 15) is 19.5 Å². The van der Waals surface area contributed by atoms with Gasteiger partial charge in [-0.25, -0.2) is 0 Å². The fourth-order valence-electron chi connectivity index (χ4n) is 1.68. The summed E-state index contributed by atoms with van der Waals surface area (Å²) in [5.41, 5.74) is 0.609. The Morgan fingerprint density at radius 1 is 1.36 bits per heavy atom. The van der Waals surface area contributed by atoms with Crippen LogP contribution in [-0.4, -0.2) is 30.3 Å². The number of ether oxygens (including phenoxy) is 2. The van der Waals surface area contributed by atoms with Crippen molar-refractivity contribution in [1.29, 1.82) is 0 Å². The Morgan fingerprint density at radius 3 is 2.64 bits per heavy atom. The summed E-state index contributed by atoms with van der Waals surface area (Å²) in [7, 11) is 1.41. The van der Waals surface area contributed by atoms with Gasteiger partial charge in [-0.05, 0) is 42.5 Å². The first-order valence-electron chi connectivity index (χ1n) is 6.21. The van der Waals surface area contributed by atoms with Crippen molar-refractivity contribution < 1.29 is 29.0 Å². The second kappa shape index (κ2) is 6.52. The maximum atomic E-state index is 11.5. The Morgan fingerprint density at radius 2 is 2.09 bits per heavy atom. The van der Waals surface area contributed by atoms with Gasteiger partial charge in [0.2, 0.25) is 0 Å². The molecule has 0 aliphatic carbocycles. The molecule has 22 heavy (non-hydrogen) atoms. The topological polar surface area (TPSA) is 105 Å². The highest BCUT2D eigenvalue weighted by Crippen LogP contribution is 2.32. The predicted octanol–water partition coefficient (Wildman–Crippen LogP) is 0.536. The molecule has 0 aromatic heterocycles. The second-order valence-corrected chi connectivity index (χ2v) is 5.36. The van der Waals surface area contributed by atoms with Gasteiger partial charge in [-0.1, -0.05) is 6.07 Å². The van der Waals surface area contributed by atoms with Crippen LogP contribution in [0.15, 0.2) is 23.1 Å². The number of hydrogen-bond acceptors (Lipinski definition) is 7. The number of imide groups is 1. The zero-order valence-electron chi connectivity index (χ0n) is 11.7. The van der Waals surface area contributed by atoms with Gasteiger partial charge >= 0.3 is 0 Å². The number of carbonyl (C=O) groups excluding carboxylic acids is 3. The minimum absolute atomic E-state index is 0.237. The first-order chi connectivity index (χ1) is 10.4. The first kappa shape index (κ1) is 15.9. The van der Waals surface area contributed by atoms with E-state index in [1.807, 2.05) is 0 Å². The van der Waals surface area contributed by atoms with Crippen LogP contribution in [-0.2, 0) is 9.59 Å². The number of aliphatic carboxylic acids is 1. The lowest BCUT2D eigenvalue weighted by Gasteiger charge is -2.17. The van der Waals surface area contributed by atoms with Crippen LogP contribution < -0.4 is 19.9 Å². The number of carboxylic acids is 1. The van der Waals surface area contributed by atoms with E-state index in [4.69, 9.17) is 9.47 Å². The van der Waals surface area contributed by atoms with Gasteiger partial charge < -0.3 is 19.4 Å². The Balaban J connectivity index is 2.26. The molecule has 7 nitrogen and oxygen atoms in total. The number of carbonyl (C=O) groups is 3. The Labute approximate surface area is 130 Å². The molecule has 2 amide bonds. The van der Waals surface area contributed by atoms with E-state index in [1.165, 1.54) is 26.2 Å². The summed E-state index contributed by atoms with van der Waals surface area (Å²) in [5, 5.41) is 12.4. The lowest BCUT2D eigenvalue weighted by atomic mass is 10.2. The summed E-state index contributed by atoms with van der Waals surface area (Å²) in [6, 6.07) is 4.70. The Hall–Kier alpha value is -2.48. The molecule has 1 heterocycles. The average molecular weight is 322 g/mol. The quantitative estimate of drug-likeness (QED) is 0.789. The number of rotatable bonds is 5. The van der Waals surface area contributed by atoms with Gasteiger partial charge in [0.15, 0.2) is 11.5 Å². The third kappa shape index (κ3) is 3.59. The highest BCUT2D eigenvalue weighted by Gasteiger charge is 2.25. The number of carboxylic acid groups (broad SMARTS) is 1. The summed E-state index contributed by atoms with van der Waals surface area (Å²) >= 11 is 0.804. The standard InChI is InChI=1S/C14H13NO6S/c1-7(13(17)18)21-9-4-3-8(5-10(9)20-2)6-11-12(16)15-14(19)22-11/h3-7H,1-2H3,(H,17,18)(H,15,16,19)/p-1/b11-6+/t7-/m1/s1. The summed E-state index contributed by atoms with van der Waals surface area (Å²) in [6.45, 7) is 1.34. The number of amides is 2. The fourth-order valence-corrected chi connectivity index (χ4v) is 2.36. The highest BCUT2D eigenvalue weighted by molar-refractivity contribution is 8.18. The molecule has 0 bridgehead atoms. The van der Waals surface area contributed by atoms with E-state index in [0.29, 0.717) is 11.3 Å². The van der Waals surface area contributed by atoms with E-state index < -0.39 is 23.2 Å². The van der Waals surface area contributed by atoms with Gasteiger partial charge in [-0.3, -0.25) is 14.9 Å². The molecule has 1 atom stereocenters. The van der Waals surface area contributed by atoms with E-state index >= 15 is 0 Å². The summed E-state index contributed by atoms with van der Waals surface area (Å²) in [5.74, 6) is -1.26. The molecule has 0 spiro atoms. The van der Waals surface area contributed by atoms with Crippen LogP contribution in [0, 0.1) is 0 Å². The van der Waals surface area contributed by atoms with Gasteiger partial charge in [0.1, 0.15) is 6.10 Å². The number of benzene rings is 1. The van der Waals surface area contributed by atoms with Crippen molar-refractivity contribution >= 4 is 35.0 Å². The van der Waals surface area contributed by atoms with Gasteiger partial charge in [0.25, 0.3) is 11.1 Å². The fraction of sp³-hybridized carbons (Fsp3) is 0.214. The van der Waals surface area contributed by atoms with Crippen molar-refractivity contribution in [3.05, 3.63) is 28.7 Å². The molecule has 1 fully saturated rings. The molecule has 1 aliphatic heterocycles. The second-order valence-electron chi connectivity index (χ2n) is 4.34. The lowest BCUT2D eigenvalue weighted by Crippen LogP contribution is -2.37. The number of methoxy groups -OCH3 is 1. The van der Waals surface area contributed by atoms with Crippen molar-refractivity contribution in [2.45, 2.75) is 13.0 Å². The molecule has 1 aromatic carbocycles. The first-order valence-corrected chi connectivity index (χ1v) is 7.02. The van der Waals surface area contributed by atoms with Gasteiger partial charge in [0, 0.05) is 0 Å². The minimum atomic E-state index is -1.34. The SMILES string of the molecule is COc1cc(/C=C2/SC(=O)NC2=O)ccc1O[C@H](C)C(=O)[O-]. The summed E-state index contributed by atoms with van der Waals surface area (Å²) in [4.78, 5) is 33.6. The van der Waals surface area contributed by atoms with Crippen molar-refractivity contribution in [3.8, 4) is 11.5 Å². The zero-order valence-corrected chi connectivity index (χ0v) is 12.6. The third-order valence-electron chi connectivity index (χ3n) is 2.76. The van der Waals surface area contributed by atoms with Gasteiger partial charge in [0.05, 0.1) is 18.0 Å². The van der Waals surface area contributed by atoms with Crippen molar-refractivity contribution in [2.24, 2.45) is 0 Å². The molecular formula is C14H12NO6S-. The number of thioether (sulfide) groups is 1. The lowest BCUT2D eigenvalue weighted by molar-refractivity contribution is -0.312.